The fourth-order valence-electron chi connectivity index (χ4n) is 1.43. The molecule has 0 radical (unpaired) electrons. The molecule has 1 aromatic rings. The summed E-state index contributed by atoms with van der Waals surface area (Å²) in [6, 6.07) is 1.61. The molecule has 0 aliphatic heterocycles. The fraction of sp³-hybridized carbons (Fsp3) is 0.462. The van der Waals surface area contributed by atoms with Crippen molar-refractivity contribution in [3.8, 4) is 0 Å². The molecule has 1 unspecified atom stereocenters. The quantitative estimate of drug-likeness (QED) is 0.896. The van der Waals surface area contributed by atoms with Gasteiger partial charge in [-0.2, -0.15) is 0 Å². The molecule has 1 aromatic carbocycles. The number of amides is 1. The number of carbonyl (C=O) groups is 1. The SMILES string of the molecule is CC(C)(C)OC(=O)Nc1ccc(C(N)C(F)F)c(F)c1. The van der Waals surface area contributed by atoms with Gasteiger partial charge in [0.15, 0.2) is 0 Å². The van der Waals surface area contributed by atoms with Crippen LogP contribution in [-0.4, -0.2) is 18.1 Å². The Morgan fingerprint density at radius 1 is 1.35 bits per heavy atom. The Hall–Kier alpha value is -1.76. The third-order valence-corrected chi connectivity index (χ3v) is 2.28. The summed E-state index contributed by atoms with van der Waals surface area (Å²) in [5, 5.41) is 2.31. The molecule has 0 spiro atoms. The Labute approximate surface area is 115 Å². The van der Waals surface area contributed by atoms with E-state index in [0.717, 1.165) is 12.1 Å². The van der Waals surface area contributed by atoms with E-state index in [9.17, 15) is 18.0 Å². The molecule has 0 fully saturated rings. The molecule has 3 N–H and O–H groups in total. The molecule has 0 saturated carbocycles. The number of rotatable bonds is 3. The number of benzene rings is 1. The van der Waals surface area contributed by atoms with Crippen molar-refractivity contribution in [1.82, 2.24) is 0 Å². The van der Waals surface area contributed by atoms with E-state index in [4.69, 9.17) is 10.5 Å². The normalized spacial score (nSPS) is 13.2. The van der Waals surface area contributed by atoms with Crippen LogP contribution in [-0.2, 0) is 4.74 Å². The van der Waals surface area contributed by atoms with E-state index < -0.39 is 30.0 Å². The number of carbonyl (C=O) groups excluding carboxylic acids is 1. The molecule has 0 aromatic heterocycles. The van der Waals surface area contributed by atoms with Crippen LogP contribution in [0.1, 0.15) is 32.4 Å². The molecular weight excluding hydrogens is 273 g/mol. The zero-order valence-corrected chi connectivity index (χ0v) is 11.4. The minimum atomic E-state index is -2.87. The van der Waals surface area contributed by atoms with Crippen molar-refractivity contribution < 1.29 is 22.7 Å². The van der Waals surface area contributed by atoms with Crippen molar-refractivity contribution in [2.24, 2.45) is 5.73 Å². The highest BCUT2D eigenvalue weighted by atomic mass is 19.3. The molecule has 1 rings (SSSR count). The maximum atomic E-state index is 13.6. The van der Waals surface area contributed by atoms with Gasteiger partial charge in [0.2, 0.25) is 0 Å². The summed E-state index contributed by atoms with van der Waals surface area (Å²) in [7, 11) is 0. The van der Waals surface area contributed by atoms with Gasteiger partial charge in [-0.25, -0.2) is 18.0 Å². The number of nitrogens with one attached hydrogen (secondary N) is 1. The lowest BCUT2D eigenvalue weighted by atomic mass is 10.1. The van der Waals surface area contributed by atoms with Crippen LogP contribution < -0.4 is 11.1 Å². The molecule has 1 amide bonds. The maximum Gasteiger partial charge on any atom is 0.412 e. The molecule has 1 atom stereocenters. The van der Waals surface area contributed by atoms with Gasteiger partial charge < -0.3 is 10.5 Å². The number of nitrogens with two attached hydrogens (primary N) is 1. The van der Waals surface area contributed by atoms with Crippen molar-refractivity contribution in [2.75, 3.05) is 5.32 Å². The highest BCUT2D eigenvalue weighted by Crippen LogP contribution is 2.23. The summed E-state index contributed by atoms with van der Waals surface area (Å²) in [5.41, 5.74) is 4.27. The van der Waals surface area contributed by atoms with Gasteiger partial charge in [0.25, 0.3) is 6.43 Å². The van der Waals surface area contributed by atoms with Gasteiger partial charge in [0.05, 0.1) is 6.04 Å². The van der Waals surface area contributed by atoms with Crippen LogP contribution in [0.5, 0.6) is 0 Å². The molecule has 7 heteroatoms. The molecule has 4 nitrogen and oxygen atoms in total. The van der Waals surface area contributed by atoms with Crippen LogP contribution in [0, 0.1) is 5.82 Å². The van der Waals surface area contributed by atoms with Gasteiger partial charge in [-0.05, 0) is 32.9 Å². The largest absolute Gasteiger partial charge is 0.444 e. The monoisotopic (exact) mass is 290 g/mol. The van der Waals surface area contributed by atoms with Crippen molar-refractivity contribution in [2.45, 2.75) is 38.8 Å². The van der Waals surface area contributed by atoms with E-state index in [1.54, 1.807) is 20.8 Å². The van der Waals surface area contributed by atoms with Crippen LogP contribution >= 0.6 is 0 Å². The fourth-order valence-corrected chi connectivity index (χ4v) is 1.43. The van der Waals surface area contributed by atoms with Gasteiger partial charge in [-0.15, -0.1) is 0 Å². The lowest BCUT2D eigenvalue weighted by Gasteiger charge is -2.20. The van der Waals surface area contributed by atoms with Gasteiger partial charge in [-0.3, -0.25) is 5.32 Å². The topological polar surface area (TPSA) is 64.3 Å². The minimum Gasteiger partial charge on any atom is -0.444 e. The van der Waals surface area contributed by atoms with Crippen LogP contribution in [0.4, 0.5) is 23.7 Å². The van der Waals surface area contributed by atoms with Crippen LogP contribution in [0.15, 0.2) is 18.2 Å². The summed E-state index contributed by atoms with van der Waals surface area (Å²) < 4.78 is 43.4. The second kappa shape index (κ2) is 6.13. The second-order valence-electron chi connectivity index (χ2n) is 5.22. The maximum absolute atomic E-state index is 13.6. The predicted octanol–water partition coefficient (Wildman–Crippen LogP) is 3.44. The first kappa shape index (κ1) is 16.3. The molecule has 20 heavy (non-hydrogen) atoms. The minimum absolute atomic E-state index is 0.0990. The molecule has 0 aliphatic rings. The Kier molecular flexibility index (Phi) is 4.99. The number of ether oxygens (including phenoxy) is 1. The summed E-state index contributed by atoms with van der Waals surface area (Å²) >= 11 is 0. The summed E-state index contributed by atoms with van der Waals surface area (Å²) in [6.45, 7) is 5.04. The first-order valence-electron chi connectivity index (χ1n) is 5.93. The van der Waals surface area contributed by atoms with Crippen molar-refractivity contribution in [1.29, 1.82) is 0 Å². The third-order valence-electron chi connectivity index (χ3n) is 2.28. The smallest absolute Gasteiger partial charge is 0.412 e. The lowest BCUT2D eigenvalue weighted by molar-refractivity contribution is 0.0636. The van der Waals surface area contributed by atoms with Gasteiger partial charge in [-0.1, -0.05) is 6.07 Å². The van der Waals surface area contributed by atoms with E-state index in [1.807, 2.05) is 0 Å². The van der Waals surface area contributed by atoms with Crippen LogP contribution in [0.2, 0.25) is 0 Å². The first-order valence-corrected chi connectivity index (χ1v) is 5.93. The van der Waals surface area contributed by atoms with Gasteiger partial charge >= 0.3 is 6.09 Å². The van der Waals surface area contributed by atoms with E-state index in [0.29, 0.717) is 0 Å². The number of alkyl halides is 2. The van der Waals surface area contributed by atoms with Crippen molar-refractivity contribution in [3.63, 3.8) is 0 Å². The molecule has 0 heterocycles. The van der Waals surface area contributed by atoms with E-state index >= 15 is 0 Å². The summed E-state index contributed by atoms with van der Waals surface area (Å²) in [6.07, 6.45) is -3.63. The average Bonchev–Trinajstić information content (AvgIpc) is 2.25. The molecule has 0 saturated heterocycles. The zero-order valence-electron chi connectivity index (χ0n) is 11.4. The highest BCUT2D eigenvalue weighted by Gasteiger charge is 2.22. The van der Waals surface area contributed by atoms with Gasteiger partial charge in [0.1, 0.15) is 11.4 Å². The van der Waals surface area contributed by atoms with Crippen LogP contribution in [0.3, 0.4) is 0 Å². The second-order valence-corrected chi connectivity index (χ2v) is 5.22. The van der Waals surface area contributed by atoms with Crippen molar-refractivity contribution in [3.05, 3.63) is 29.6 Å². The zero-order chi connectivity index (χ0) is 15.5. The molecule has 0 bridgehead atoms. The Balaban J connectivity index is 2.80. The Morgan fingerprint density at radius 3 is 2.40 bits per heavy atom. The lowest BCUT2D eigenvalue weighted by Crippen LogP contribution is -2.27. The van der Waals surface area contributed by atoms with E-state index in [2.05, 4.69) is 5.32 Å². The predicted molar refractivity (Wildman–Crippen MR) is 69.2 cm³/mol. The number of hydrogen-bond acceptors (Lipinski definition) is 3. The summed E-state index contributed by atoms with van der Waals surface area (Å²) in [4.78, 5) is 11.5. The Morgan fingerprint density at radius 2 is 1.95 bits per heavy atom. The third kappa shape index (κ3) is 4.73. The van der Waals surface area contributed by atoms with E-state index in [1.165, 1.54) is 6.07 Å². The average molecular weight is 290 g/mol. The first-order chi connectivity index (χ1) is 9.10. The number of halogens is 3. The Bertz CT molecular complexity index is 487. The highest BCUT2D eigenvalue weighted by molar-refractivity contribution is 5.84. The van der Waals surface area contributed by atoms with Gasteiger partial charge in [0, 0.05) is 11.3 Å². The molecule has 112 valence electrons. The number of anilines is 1. The standard InChI is InChI=1S/C13H17F3N2O2/c1-13(2,3)20-12(19)18-7-4-5-8(9(14)6-7)10(17)11(15)16/h4-6,10-11H,17H2,1-3H3,(H,18,19). The van der Waals surface area contributed by atoms with Crippen molar-refractivity contribution >= 4 is 11.8 Å². The number of hydrogen-bond donors (Lipinski definition) is 2. The molecule has 0 aliphatic carbocycles. The molecular formula is C13H17F3N2O2. The summed E-state index contributed by atoms with van der Waals surface area (Å²) in [5.74, 6) is -0.911. The van der Waals surface area contributed by atoms with Crippen LogP contribution in [0.25, 0.3) is 0 Å². The van der Waals surface area contributed by atoms with E-state index in [-0.39, 0.29) is 11.3 Å².